The second-order valence-corrected chi connectivity index (χ2v) is 3.89. The van der Waals surface area contributed by atoms with Crippen molar-refractivity contribution in [2.24, 2.45) is 5.92 Å². The van der Waals surface area contributed by atoms with Crippen LogP contribution in [0.5, 0.6) is 5.75 Å². The molecule has 1 N–H and O–H groups in total. The zero-order valence-electron chi connectivity index (χ0n) is 8.66. The Morgan fingerprint density at radius 1 is 1.60 bits per heavy atom. The van der Waals surface area contributed by atoms with Gasteiger partial charge in [0.2, 0.25) is 0 Å². The number of rotatable bonds is 4. The number of aryl methyl sites for hydroxylation is 1. The first-order chi connectivity index (χ1) is 7.00. The van der Waals surface area contributed by atoms with Crippen LogP contribution in [0.15, 0.2) is 18.2 Å². The van der Waals surface area contributed by atoms with Crippen LogP contribution in [0.25, 0.3) is 0 Å². The molecule has 1 atom stereocenters. The predicted molar refractivity (Wildman–Crippen MR) is 58.5 cm³/mol. The van der Waals surface area contributed by atoms with Crippen LogP contribution in [0.1, 0.15) is 12.5 Å². The van der Waals surface area contributed by atoms with E-state index < -0.39 is 11.9 Å². The standard InChI is InChI=1S/C11H13ClO3/c1-7-3-4-9(12)10(5-7)15-6-8(2)11(13)14/h3-5,8H,6H2,1-2H3,(H,13,14). The van der Waals surface area contributed by atoms with Gasteiger partial charge >= 0.3 is 5.97 Å². The quantitative estimate of drug-likeness (QED) is 0.862. The van der Waals surface area contributed by atoms with Crippen molar-refractivity contribution >= 4 is 17.6 Å². The van der Waals surface area contributed by atoms with E-state index in [2.05, 4.69) is 0 Å². The van der Waals surface area contributed by atoms with Gasteiger partial charge in [-0.15, -0.1) is 0 Å². The molecule has 1 unspecified atom stereocenters. The summed E-state index contributed by atoms with van der Waals surface area (Å²) in [5.74, 6) is -0.884. The van der Waals surface area contributed by atoms with Crippen molar-refractivity contribution in [3.8, 4) is 5.75 Å². The lowest BCUT2D eigenvalue weighted by Gasteiger charge is -2.11. The molecule has 0 saturated heterocycles. The molecule has 3 nitrogen and oxygen atoms in total. The van der Waals surface area contributed by atoms with Crippen LogP contribution in [0, 0.1) is 12.8 Å². The Kier molecular flexibility index (Phi) is 3.97. The molecule has 0 heterocycles. The number of halogens is 1. The maximum absolute atomic E-state index is 10.6. The van der Waals surface area contributed by atoms with Crippen LogP contribution in [0.4, 0.5) is 0 Å². The number of carbonyl (C=O) groups is 1. The fourth-order valence-electron chi connectivity index (χ4n) is 1.01. The first-order valence-corrected chi connectivity index (χ1v) is 5.00. The van der Waals surface area contributed by atoms with Crippen molar-refractivity contribution in [1.82, 2.24) is 0 Å². The van der Waals surface area contributed by atoms with Gasteiger partial charge in [-0.1, -0.05) is 17.7 Å². The third kappa shape index (κ3) is 3.44. The van der Waals surface area contributed by atoms with Crippen LogP contribution in [0.3, 0.4) is 0 Å². The normalized spacial score (nSPS) is 12.2. The van der Waals surface area contributed by atoms with Gasteiger partial charge in [0.25, 0.3) is 0 Å². The molecule has 1 aromatic rings. The fourth-order valence-corrected chi connectivity index (χ4v) is 1.18. The highest BCUT2D eigenvalue weighted by Gasteiger charge is 2.12. The first kappa shape index (κ1) is 11.9. The van der Waals surface area contributed by atoms with E-state index in [4.69, 9.17) is 21.4 Å². The Morgan fingerprint density at radius 2 is 2.27 bits per heavy atom. The van der Waals surface area contributed by atoms with E-state index in [0.29, 0.717) is 10.8 Å². The maximum atomic E-state index is 10.6. The summed E-state index contributed by atoms with van der Waals surface area (Å²) < 4.78 is 5.33. The Bertz CT molecular complexity index is 363. The molecular formula is C11H13ClO3. The molecule has 0 aliphatic heterocycles. The van der Waals surface area contributed by atoms with Crippen molar-refractivity contribution in [1.29, 1.82) is 0 Å². The van der Waals surface area contributed by atoms with E-state index in [1.807, 2.05) is 13.0 Å². The number of hydrogen-bond acceptors (Lipinski definition) is 2. The number of benzene rings is 1. The highest BCUT2D eigenvalue weighted by Crippen LogP contribution is 2.25. The Hall–Kier alpha value is -1.22. The molecule has 0 aliphatic carbocycles. The monoisotopic (exact) mass is 228 g/mol. The molecule has 0 amide bonds. The summed E-state index contributed by atoms with van der Waals surface area (Å²) in [6.45, 7) is 3.63. The zero-order valence-corrected chi connectivity index (χ0v) is 9.41. The Morgan fingerprint density at radius 3 is 2.87 bits per heavy atom. The second-order valence-electron chi connectivity index (χ2n) is 3.48. The largest absolute Gasteiger partial charge is 0.491 e. The smallest absolute Gasteiger partial charge is 0.309 e. The molecule has 0 bridgehead atoms. The summed E-state index contributed by atoms with van der Waals surface area (Å²) in [7, 11) is 0. The Balaban J connectivity index is 2.65. The van der Waals surface area contributed by atoms with Gasteiger partial charge in [-0.25, -0.2) is 0 Å². The highest BCUT2D eigenvalue weighted by atomic mass is 35.5. The van der Waals surface area contributed by atoms with Gasteiger partial charge < -0.3 is 9.84 Å². The SMILES string of the molecule is Cc1ccc(Cl)c(OCC(C)C(=O)O)c1. The van der Waals surface area contributed by atoms with Gasteiger partial charge in [-0.2, -0.15) is 0 Å². The lowest BCUT2D eigenvalue weighted by molar-refractivity contribution is -0.142. The molecule has 1 aromatic carbocycles. The minimum atomic E-state index is -0.876. The molecule has 82 valence electrons. The molecule has 0 saturated carbocycles. The van der Waals surface area contributed by atoms with Gasteiger partial charge in [0.05, 0.1) is 10.9 Å². The number of carboxylic acids is 1. The summed E-state index contributed by atoms with van der Waals surface area (Å²) in [5, 5.41) is 9.17. The topological polar surface area (TPSA) is 46.5 Å². The lowest BCUT2D eigenvalue weighted by atomic mass is 10.2. The average molecular weight is 229 g/mol. The summed E-state index contributed by atoms with van der Waals surface area (Å²) in [4.78, 5) is 10.6. The van der Waals surface area contributed by atoms with Gasteiger partial charge in [0, 0.05) is 0 Å². The fraction of sp³-hybridized carbons (Fsp3) is 0.364. The third-order valence-electron chi connectivity index (χ3n) is 2.00. The van der Waals surface area contributed by atoms with Crippen molar-refractivity contribution in [3.63, 3.8) is 0 Å². The summed E-state index contributed by atoms with van der Waals surface area (Å²) in [6.07, 6.45) is 0. The van der Waals surface area contributed by atoms with Crippen molar-refractivity contribution in [3.05, 3.63) is 28.8 Å². The molecule has 1 rings (SSSR count). The van der Waals surface area contributed by atoms with E-state index in [-0.39, 0.29) is 6.61 Å². The van der Waals surface area contributed by atoms with Crippen LogP contribution in [-0.4, -0.2) is 17.7 Å². The molecular weight excluding hydrogens is 216 g/mol. The van der Waals surface area contributed by atoms with Crippen LogP contribution in [-0.2, 0) is 4.79 Å². The number of ether oxygens (including phenoxy) is 1. The molecule has 0 spiro atoms. The molecule has 0 aromatic heterocycles. The van der Waals surface area contributed by atoms with E-state index in [0.717, 1.165) is 5.56 Å². The van der Waals surface area contributed by atoms with Crippen molar-refractivity contribution in [2.45, 2.75) is 13.8 Å². The van der Waals surface area contributed by atoms with E-state index >= 15 is 0 Å². The lowest BCUT2D eigenvalue weighted by Crippen LogP contribution is -2.18. The van der Waals surface area contributed by atoms with Crippen LogP contribution < -0.4 is 4.74 Å². The predicted octanol–water partition coefficient (Wildman–Crippen LogP) is 2.75. The molecule has 0 fully saturated rings. The average Bonchev–Trinajstić information content (AvgIpc) is 2.18. The van der Waals surface area contributed by atoms with Crippen molar-refractivity contribution < 1.29 is 14.6 Å². The van der Waals surface area contributed by atoms with E-state index in [1.54, 1.807) is 19.1 Å². The summed E-state index contributed by atoms with van der Waals surface area (Å²) >= 11 is 5.89. The molecule has 15 heavy (non-hydrogen) atoms. The molecule has 0 aliphatic rings. The third-order valence-corrected chi connectivity index (χ3v) is 2.31. The minimum absolute atomic E-state index is 0.124. The number of hydrogen-bond donors (Lipinski definition) is 1. The van der Waals surface area contributed by atoms with Crippen LogP contribution >= 0.6 is 11.6 Å². The highest BCUT2D eigenvalue weighted by molar-refractivity contribution is 6.32. The number of aliphatic carboxylic acids is 1. The molecule has 0 radical (unpaired) electrons. The van der Waals surface area contributed by atoms with Gasteiger partial charge in [-0.05, 0) is 31.5 Å². The van der Waals surface area contributed by atoms with Gasteiger partial charge in [0.15, 0.2) is 0 Å². The Labute approximate surface area is 93.6 Å². The molecule has 4 heteroatoms. The maximum Gasteiger partial charge on any atom is 0.309 e. The minimum Gasteiger partial charge on any atom is -0.491 e. The van der Waals surface area contributed by atoms with Crippen molar-refractivity contribution in [2.75, 3.05) is 6.61 Å². The summed E-state index contributed by atoms with van der Waals surface area (Å²) in [6, 6.07) is 5.39. The summed E-state index contributed by atoms with van der Waals surface area (Å²) in [5.41, 5.74) is 1.03. The van der Waals surface area contributed by atoms with Crippen LogP contribution in [0.2, 0.25) is 5.02 Å². The van der Waals surface area contributed by atoms with Gasteiger partial charge in [-0.3, -0.25) is 4.79 Å². The van der Waals surface area contributed by atoms with Gasteiger partial charge in [0.1, 0.15) is 12.4 Å². The zero-order chi connectivity index (χ0) is 11.4. The van der Waals surface area contributed by atoms with E-state index in [1.165, 1.54) is 0 Å². The number of carboxylic acid groups (broad SMARTS) is 1. The van der Waals surface area contributed by atoms with E-state index in [9.17, 15) is 4.79 Å². The first-order valence-electron chi connectivity index (χ1n) is 4.62. The second kappa shape index (κ2) is 5.03.